The number of rotatable bonds is 5. The third-order valence-corrected chi connectivity index (χ3v) is 5.56. The summed E-state index contributed by atoms with van der Waals surface area (Å²) in [6.07, 6.45) is 4.17. The standard InChI is InChI=1S/C17H21N3S2/c1-3-4-10-20-15(16-12(2)8-11-22-16)14(19-17(20)21)13-7-5-6-9-18-13/h5-9,11,14-15H,3-4,10H2,1-2H3,(H,19,21)/t14-,15-/m0/s1. The van der Waals surface area contributed by atoms with Crippen molar-refractivity contribution in [2.24, 2.45) is 0 Å². The predicted molar refractivity (Wildman–Crippen MR) is 96.1 cm³/mol. The van der Waals surface area contributed by atoms with Crippen molar-refractivity contribution in [2.75, 3.05) is 6.54 Å². The highest BCUT2D eigenvalue weighted by molar-refractivity contribution is 7.80. The van der Waals surface area contributed by atoms with E-state index in [1.807, 2.05) is 29.7 Å². The molecular formula is C17H21N3S2. The summed E-state index contributed by atoms with van der Waals surface area (Å²) >= 11 is 7.43. The summed E-state index contributed by atoms with van der Waals surface area (Å²) in [6, 6.07) is 8.64. The summed E-state index contributed by atoms with van der Waals surface area (Å²) in [5.74, 6) is 0. The molecule has 0 amide bonds. The molecule has 1 aliphatic heterocycles. The molecule has 0 radical (unpaired) electrons. The van der Waals surface area contributed by atoms with E-state index in [4.69, 9.17) is 12.2 Å². The molecule has 3 heterocycles. The largest absolute Gasteiger partial charge is 0.352 e. The lowest BCUT2D eigenvalue weighted by atomic mass is 10.0. The monoisotopic (exact) mass is 331 g/mol. The zero-order valence-corrected chi connectivity index (χ0v) is 14.6. The number of nitrogens with one attached hydrogen (secondary N) is 1. The van der Waals surface area contributed by atoms with Crippen molar-refractivity contribution in [1.82, 2.24) is 15.2 Å². The van der Waals surface area contributed by atoms with Gasteiger partial charge in [0.1, 0.15) is 0 Å². The molecule has 0 aliphatic carbocycles. The second-order valence-electron chi connectivity index (χ2n) is 5.64. The van der Waals surface area contributed by atoms with E-state index >= 15 is 0 Å². The SMILES string of the molecule is CCCCN1C(=S)N[C@@H](c2ccccn2)[C@H]1c1sccc1C. The second-order valence-corrected chi connectivity index (χ2v) is 6.98. The average Bonchev–Trinajstić information content (AvgIpc) is 3.09. The Kier molecular flexibility index (Phi) is 4.74. The number of hydrogen-bond donors (Lipinski definition) is 1. The van der Waals surface area contributed by atoms with E-state index in [9.17, 15) is 0 Å². The van der Waals surface area contributed by atoms with Crippen molar-refractivity contribution >= 4 is 28.7 Å². The van der Waals surface area contributed by atoms with E-state index in [1.165, 1.54) is 16.9 Å². The molecule has 3 rings (SSSR count). The first-order valence-corrected chi connectivity index (χ1v) is 9.03. The molecule has 0 unspecified atom stereocenters. The van der Waals surface area contributed by atoms with Crippen molar-refractivity contribution in [3.63, 3.8) is 0 Å². The quantitative estimate of drug-likeness (QED) is 0.830. The Morgan fingerprint density at radius 3 is 2.86 bits per heavy atom. The Bertz CT molecular complexity index is 638. The average molecular weight is 332 g/mol. The molecule has 1 fully saturated rings. The number of thiophene rings is 1. The molecule has 3 nitrogen and oxygen atoms in total. The van der Waals surface area contributed by atoms with Crippen LogP contribution < -0.4 is 5.32 Å². The third-order valence-electron chi connectivity index (χ3n) is 4.12. The normalized spacial score (nSPS) is 21.2. The fraction of sp³-hybridized carbons (Fsp3) is 0.412. The molecule has 2 aromatic heterocycles. The maximum atomic E-state index is 5.62. The first-order chi connectivity index (χ1) is 10.7. The van der Waals surface area contributed by atoms with Crippen molar-refractivity contribution < 1.29 is 0 Å². The van der Waals surface area contributed by atoms with E-state index in [1.54, 1.807) is 0 Å². The van der Waals surface area contributed by atoms with Gasteiger partial charge in [0.05, 0.1) is 17.8 Å². The Labute approximate surface area is 141 Å². The molecule has 2 aromatic rings. The van der Waals surface area contributed by atoms with E-state index in [0.717, 1.165) is 23.8 Å². The van der Waals surface area contributed by atoms with E-state index in [0.29, 0.717) is 0 Å². The minimum atomic E-state index is 0.128. The predicted octanol–water partition coefficient (Wildman–Crippen LogP) is 4.22. The van der Waals surface area contributed by atoms with Gasteiger partial charge in [-0.25, -0.2) is 0 Å². The minimum Gasteiger partial charge on any atom is -0.352 e. The zero-order chi connectivity index (χ0) is 15.5. The number of aromatic nitrogens is 1. The highest BCUT2D eigenvalue weighted by atomic mass is 32.1. The maximum Gasteiger partial charge on any atom is 0.170 e. The molecule has 0 aromatic carbocycles. The number of aryl methyl sites for hydroxylation is 1. The van der Waals surface area contributed by atoms with Crippen LogP contribution in [0.25, 0.3) is 0 Å². The summed E-state index contributed by atoms with van der Waals surface area (Å²) < 4.78 is 0. The van der Waals surface area contributed by atoms with Gasteiger partial charge in [0.2, 0.25) is 0 Å². The van der Waals surface area contributed by atoms with Crippen molar-refractivity contribution in [1.29, 1.82) is 0 Å². The van der Waals surface area contributed by atoms with Crippen LogP contribution in [0.5, 0.6) is 0 Å². The molecule has 1 saturated heterocycles. The Hall–Kier alpha value is -1.46. The van der Waals surface area contributed by atoms with Crippen LogP contribution in [0.15, 0.2) is 35.8 Å². The van der Waals surface area contributed by atoms with Crippen LogP contribution in [0.3, 0.4) is 0 Å². The van der Waals surface area contributed by atoms with Gasteiger partial charge in [0, 0.05) is 17.6 Å². The molecule has 1 N–H and O–H groups in total. The lowest BCUT2D eigenvalue weighted by Crippen LogP contribution is -2.30. The molecule has 0 spiro atoms. The summed E-state index contributed by atoms with van der Waals surface area (Å²) in [5, 5.41) is 6.51. The first kappa shape index (κ1) is 15.4. The summed E-state index contributed by atoms with van der Waals surface area (Å²) in [5.41, 5.74) is 2.39. The Morgan fingerprint density at radius 2 is 2.23 bits per heavy atom. The van der Waals surface area contributed by atoms with Gasteiger partial charge in [-0.1, -0.05) is 19.4 Å². The third kappa shape index (κ3) is 2.88. The molecule has 5 heteroatoms. The summed E-state index contributed by atoms with van der Waals surface area (Å²) in [4.78, 5) is 8.29. The lowest BCUT2D eigenvalue weighted by Gasteiger charge is -2.27. The number of hydrogen-bond acceptors (Lipinski definition) is 3. The summed E-state index contributed by atoms with van der Waals surface area (Å²) in [7, 11) is 0. The van der Waals surface area contributed by atoms with Gasteiger partial charge in [-0.05, 0) is 54.7 Å². The smallest absolute Gasteiger partial charge is 0.170 e. The van der Waals surface area contributed by atoms with Crippen LogP contribution in [0.1, 0.15) is 48.0 Å². The first-order valence-electron chi connectivity index (χ1n) is 7.74. The van der Waals surface area contributed by atoms with E-state index in [-0.39, 0.29) is 12.1 Å². The Morgan fingerprint density at radius 1 is 1.36 bits per heavy atom. The number of thiocarbonyl (C=S) groups is 1. The van der Waals surface area contributed by atoms with Crippen LogP contribution >= 0.6 is 23.6 Å². The van der Waals surface area contributed by atoms with Crippen LogP contribution in [0.4, 0.5) is 0 Å². The van der Waals surface area contributed by atoms with Crippen molar-refractivity contribution in [3.05, 3.63) is 52.0 Å². The number of nitrogens with zero attached hydrogens (tertiary/aromatic N) is 2. The molecule has 0 saturated carbocycles. The van der Waals surface area contributed by atoms with Gasteiger partial charge < -0.3 is 10.2 Å². The molecule has 22 heavy (non-hydrogen) atoms. The Balaban J connectivity index is 1.99. The van der Waals surface area contributed by atoms with Gasteiger partial charge in [-0.2, -0.15) is 0 Å². The van der Waals surface area contributed by atoms with Crippen LogP contribution in [0, 0.1) is 6.92 Å². The van der Waals surface area contributed by atoms with Gasteiger partial charge in [0.15, 0.2) is 5.11 Å². The van der Waals surface area contributed by atoms with Crippen LogP contribution in [0.2, 0.25) is 0 Å². The minimum absolute atomic E-state index is 0.128. The van der Waals surface area contributed by atoms with Crippen LogP contribution in [-0.4, -0.2) is 21.5 Å². The molecule has 1 aliphatic rings. The molecular weight excluding hydrogens is 310 g/mol. The highest BCUT2D eigenvalue weighted by Gasteiger charge is 2.40. The molecule has 0 bridgehead atoms. The van der Waals surface area contributed by atoms with Crippen molar-refractivity contribution in [3.8, 4) is 0 Å². The maximum absolute atomic E-state index is 5.62. The fourth-order valence-electron chi connectivity index (χ4n) is 2.95. The topological polar surface area (TPSA) is 28.2 Å². The van der Waals surface area contributed by atoms with Gasteiger partial charge in [-0.15, -0.1) is 11.3 Å². The highest BCUT2D eigenvalue weighted by Crippen LogP contribution is 2.41. The molecule has 2 atom stereocenters. The van der Waals surface area contributed by atoms with Gasteiger partial charge in [-0.3, -0.25) is 4.98 Å². The van der Waals surface area contributed by atoms with E-state index in [2.05, 4.69) is 46.6 Å². The second kappa shape index (κ2) is 6.75. The lowest BCUT2D eigenvalue weighted by molar-refractivity contribution is 0.316. The van der Waals surface area contributed by atoms with Gasteiger partial charge in [0.25, 0.3) is 0 Å². The van der Waals surface area contributed by atoms with Gasteiger partial charge >= 0.3 is 0 Å². The zero-order valence-electron chi connectivity index (χ0n) is 13.0. The van der Waals surface area contributed by atoms with Crippen LogP contribution in [-0.2, 0) is 0 Å². The summed E-state index contributed by atoms with van der Waals surface area (Å²) in [6.45, 7) is 5.39. The van der Waals surface area contributed by atoms with E-state index < -0.39 is 0 Å². The number of pyridine rings is 1. The molecule has 116 valence electrons. The van der Waals surface area contributed by atoms with Crippen molar-refractivity contribution in [2.45, 2.75) is 38.8 Å². The fourth-order valence-corrected chi connectivity index (χ4v) is 4.35. The number of unbranched alkanes of at least 4 members (excludes halogenated alkanes) is 1.